The number of para-hydroxylation sites is 2. The number of hydrogen-bond donors (Lipinski definition) is 0. The highest BCUT2D eigenvalue weighted by Crippen LogP contribution is 2.47. The van der Waals surface area contributed by atoms with E-state index < -0.39 is 0 Å². The first-order chi connectivity index (χ1) is 47.6. The van der Waals surface area contributed by atoms with E-state index in [-0.39, 0.29) is 0 Å². The molecule has 5 nitrogen and oxygen atoms in total. The minimum Gasteiger partial charge on any atom is -0.456 e. The van der Waals surface area contributed by atoms with E-state index >= 15 is 0 Å². The SMILES string of the molecule is c1ccc2c(c1)ccc1c2c2cc3c(cc2n2cc4ccccc4c12)oc1ccccc13.c1ccc2c(c1)ccc1c2c2cc3c(cc2n2cc4ccccc4c12)sc1ccccc13.c1ccc2c(c1)ccc1c2c2cc3oc4ccccc4c3cc2n2cc3ccccc3c12. The van der Waals surface area contributed by atoms with E-state index in [1.54, 1.807) is 0 Å². The molecule has 0 bridgehead atoms. The Morgan fingerprint density at radius 2 is 0.542 bits per heavy atom. The predicted molar refractivity (Wildman–Crippen MR) is 410 cm³/mol. The summed E-state index contributed by atoms with van der Waals surface area (Å²) < 4.78 is 22.4. The largest absolute Gasteiger partial charge is 0.456 e. The molecule has 24 aromatic rings. The number of benzene rings is 15. The first-order valence-electron chi connectivity index (χ1n) is 32.8. The van der Waals surface area contributed by atoms with Crippen molar-refractivity contribution in [2.45, 2.75) is 0 Å². The maximum Gasteiger partial charge on any atom is 0.137 e. The van der Waals surface area contributed by atoms with Gasteiger partial charge in [0, 0.05) is 147 Å². The third kappa shape index (κ3) is 7.28. The van der Waals surface area contributed by atoms with Gasteiger partial charge in [-0.15, -0.1) is 11.3 Å². The van der Waals surface area contributed by atoms with Crippen LogP contribution in [-0.2, 0) is 0 Å². The van der Waals surface area contributed by atoms with Crippen LogP contribution in [0.2, 0.25) is 0 Å². The van der Waals surface area contributed by atoms with Gasteiger partial charge >= 0.3 is 0 Å². The second-order valence-electron chi connectivity index (χ2n) is 25.8. The normalized spacial score (nSPS) is 12.4. The van der Waals surface area contributed by atoms with Crippen LogP contribution in [0.15, 0.2) is 319 Å². The minimum absolute atomic E-state index is 0.928. The molecule has 9 heterocycles. The van der Waals surface area contributed by atoms with E-state index in [1.165, 1.54) is 172 Å². The number of thiophene rings is 1. The number of pyridine rings is 3. The molecule has 96 heavy (non-hydrogen) atoms. The summed E-state index contributed by atoms with van der Waals surface area (Å²) in [5.74, 6) is 0. The minimum atomic E-state index is 0.928. The van der Waals surface area contributed by atoms with Crippen molar-refractivity contribution >= 4 is 222 Å². The maximum atomic E-state index is 6.28. The molecule has 0 saturated carbocycles. The fraction of sp³-hybridized carbons (Fsp3) is 0. The molecule has 15 aromatic carbocycles. The molecular weight excluding hydrogens is 1190 g/mol. The van der Waals surface area contributed by atoms with Gasteiger partial charge in [0.2, 0.25) is 0 Å². The van der Waals surface area contributed by atoms with Crippen LogP contribution in [0.5, 0.6) is 0 Å². The predicted octanol–water partition coefficient (Wildman–Crippen LogP) is 25.8. The monoisotopic (exact) mass is 1240 g/mol. The van der Waals surface area contributed by atoms with Crippen molar-refractivity contribution in [1.82, 2.24) is 13.2 Å². The molecular formula is C90H51N3O2S. The lowest BCUT2D eigenvalue weighted by molar-refractivity contribution is 0.669. The van der Waals surface area contributed by atoms with Crippen molar-refractivity contribution < 1.29 is 8.83 Å². The topological polar surface area (TPSA) is 39.5 Å². The van der Waals surface area contributed by atoms with E-state index in [1.807, 2.05) is 35.6 Å². The number of fused-ring (bicyclic) bond motifs is 39. The van der Waals surface area contributed by atoms with Gasteiger partial charge in [-0.25, -0.2) is 0 Å². The van der Waals surface area contributed by atoms with Gasteiger partial charge in [-0.2, -0.15) is 0 Å². The molecule has 444 valence electrons. The zero-order chi connectivity index (χ0) is 62.4. The van der Waals surface area contributed by atoms with E-state index in [9.17, 15) is 0 Å². The standard InChI is InChI=1S/2C30H17NO.C30H17NS/c1-3-9-20-18(7-1)13-14-23-29(20)25-16-28-24(22-11-5-6-12-27(22)32-28)15-26(25)31-17-19-8-2-4-10-21(19)30(23)31;2*1-3-9-20-18(7-1)13-14-23-29(20)25-15-24-22-11-5-6-12-27(22)32-28(24)16-26(25)31-17-19-8-2-4-10-21(19)30(23)31/h3*1-17H. The summed E-state index contributed by atoms with van der Waals surface area (Å²) in [7, 11) is 0. The van der Waals surface area contributed by atoms with Crippen LogP contribution in [0.4, 0.5) is 0 Å². The highest BCUT2D eigenvalue weighted by atomic mass is 32.1. The molecule has 0 aliphatic heterocycles. The highest BCUT2D eigenvalue weighted by molar-refractivity contribution is 7.25. The second kappa shape index (κ2) is 19.5. The average Bonchev–Trinajstić information content (AvgIpc) is 1.52. The molecule has 0 spiro atoms. The van der Waals surface area contributed by atoms with Gasteiger partial charge in [0.1, 0.15) is 22.3 Å². The van der Waals surface area contributed by atoms with E-state index in [4.69, 9.17) is 8.83 Å². The van der Waals surface area contributed by atoms with E-state index in [2.05, 4.69) is 299 Å². The van der Waals surface area contributed by atoms with Crippen LogP contribution in [0.1, 0.15) is 0 Å². The smallest absolute Gasteiger partial charge is 0.137 e. The Bertz CT molecular complexity index is 7230. The molecule has 0 aliphatic carbocycles. The van der Waals surface area contributed by atoms with Crippen molar-refractivity contribution in [3.05, 3.63) is 310 Å². The summed E-state index contributed by atoms with van der Waals surface area (Å²) in [6.45, 7) is 0. The Labute approximate surface area is 549 Å². The van der Waals surface area contributed by atoms with Gasteiger partial charge in [0.05, 0.1) is 33.1 Å². The molecule has 24 rings (SSSR count). The highest BCUT2D eigenvalue weighted by Gasteiger charge is 2.22. The van der Waals surface area contributed by atoms with Gasteiger partial charge < -0.3 is 22.0 Å². The molecule has 0 atom stereocenters. The van der Waals surface area contributed by atoms with Crippen molar-refractivity contribution in [1.29, 1.82) is 0 Å². The van der Waals surface area contributed by atoms with Gasteiger partial charge in [-0.1, -0.05) is 237 Å². The lowest BCUT2D eigenvalue weighted by Gasteiger charge is -2.13. The van der Waals surface area contributed by atoms with Crippen molar-refractivity contribution in [3.8, 4) is 0 Å². The fourth-order valence-electron chi connectivity index (χ4n) is 16.6. The van der Waals surface area contributed by atoms with Gasteiger partial charge in [-0.05, 0) is 80.8 Å². The number of rotatable bonds is 0. The zero-order valence-electron chi connectivity index (χ0n) is 51.5. The van der Waals surface area contributed by atoms with Crippen molar-refractivity contribution in [2.75, 3.05) is 0 Å². The first-order valence-corrected chi connectivity index (χ1v) is 33.7. The average molecular weight is 1240 g/mol. The number of furan rings is 2. The van der Waals surface area contributed by atoms with Crippen LogP contribution >= 0.6 is 11.3 Å². The van der Waals surface area contributed by atoms with Crippen LogP contribution < -0.4 is 0 Å². The molecule has 0 amide bonds. The van der Waals surface area contributed by atoms with E-state index in [0.29, 0.717) is 0 Å². The van der Waals surface area contributed by atoms with Gasteiger partial charge in [0.15, 0.2) is 0 Å². The van der Waals surface area contributed by atoms with Crippen molar-refractivity contribution in [2.24, 2.45) is 0 Å². The van der Waals surface area contributed by atoms with E-state index in [0.717, 1.165) is 38.5 Å². The summed E-state index contributed by atoms with van der Waals surface area (Å²) in [4.78, 5) is 0. The molecule has 0 N–H and O–H groups in total. The third-order valence-electron chi connectivity index (χ3n) is 20.8. The lowest BCUT2D eigenvalue weighted by atomic mass is 9.96. The van der Waals surface area contributed by atoms with Crippen LogP contribution in [0, 0.1) is 0 Å². The summed E-state index contributed by atoms with van der Waals surface area (Å²) >= 11 is 1.89. The molecule has 0 fully saturated rings. The van der Waals surface area contributed by atoms with Crippen LogP contribution in [-0.4, -0.2) is 13.2 Å². The Morgan fingerprint density at radius 1 is 0.198 bits per heavy atom. The summed E-state index contributed by atoms with van der Waals surface area (Å²) in [6.07, 6.45) is 6.84. The van der Waals surface area contributed by atoms with Crippen LogP contribution in [0.3, 0.4) is 0 Å². The number of hydrogen-bond acceptors (Lipinski definition) is 3. The number of nitrogens with zero attached hydrogens (tertiary/aromatic N) is 3. The molecule has 0 aliphatic rings. The van der Waals surface area contributed by atoms with Gasteiger partial charge in [0.25, 0.3) is 0 Å². The van der Waals surface area contributed by atoms with Crippen molar-refractivity contribution in [3.63, 3.8) is 0 Å². The fourth-order valence-corrected chi connectivity index (χ4v) is 17.7. The Hall–Kier alpha value is -12.5. The molecule has 0 saturated heterocycles. The molecule has 0 radical (unpaired) electrons. The summed E-state index contributed by atoms with van der Waals surface area (Å²) in [6, 6.07) is 105. The number of aromatic nitrogens is 3. The maximum absolute atomic E-state index is 6.28. The summed E-state index contributed by atoms with van der Waals surface area (Å²) in [5.41, 5.74) is 11.2. The lowest BCUT2D eigenvalue weighted by Crippen LogP contribution is -1.91. The first kappa shape index (κ1) is 52.1. The zero-order valence-corrected chi connectivity index (χ0v) is 52.3. The second-order valence-corrected chi connectivity index (χ2v) is 26.9. The Balaban J connectivity index is 0.0000000930. The molecule has 9 aromatic heterocycles. The Morgan fingerprint density at radius 3 is 1.02 bits per heavy atom. The Kier molecular flexibility index (Phi) is 10.6. The summed E-state index contributed by atoms with van der Waals surface area (Å²) in [5, 5.41) is 34.3. The quantitative estimate of drug-likeness (QED) is 0.142. The third-order valence-corrected chi connectivity index (χ3v) is 21.9. The molecule has 6 heteroatoms. The van der Waals surface area contributed by atoms with Gasteiger partial charge in [-0.3, -0.25) is 0 Å². The van der Waals surface area contributed by atoms with Crippen LogP contribution in [0.25, 0.3) is 210 Å². The molecule has 0 unspecified atom stereocenters.